The summed E-state index contributed by atoms with van der Waals surface area (Å²) in [6.07, 6.45) is 0. The van der Waals surface area contributed by atoms with Crippen LogP contribution in [0.2, 0.25) is 0 Å². The topological polar surface area (TPSA) is 116 Å². The number of anilines is 2. The molecule has 1 aromatic rings. The zero-order chi connectivity index (χ0) is 12.7. The van der Waals surface area contributed by atoms with Gasteiger partial charge in [0.1, 0.15) is 5.69 Å². The highest BCUT2D eigenvalue weighted by Crippen LogP contribution is 2.26. The highest BCUT2D eigenvalue weighted by atomic mass is 16.6. The van der Waals surface area contributed by atoms with Crippen molar-refractivity contribution in [1.29, 1.82) is 0 Å². The van der Waals surface area contributed by atoms with Gasteiger partial charge >= 0.3 is 0 Å². The van der Waals surface area contributed by atoms with Gasteiger partial charge in [-0.3, -0.25) is 10.1 Å². The first kappa shape index (κ1) is 13.2. The van der Waals surface area contributed by atoms with Gasteiger partial charge in [-0.15, -0.1) is 0 Å². The molecule has 94 valence electrons. The molecule has 1 rings (SSSR count). The minimum atomic E-state index is -0.473. The molecule has 0 radical (unpaired) electrons. The van der Waals surface area contributed by atoms with Crippen LogP contribution in [0.4, 0.5) is 17.1 Å². The lowest BCUT2D eigenvalue weighted by atomic mass is 10.2. The summed E-state index contributed by atoms with van der Waals surface area (Å²) in [6, 6.07) is 4.51. The molecule has 7 heteroatoms. The maximum atomic E-state index is 10.8. The third-order valence-corrected chi connectivity index (χ3v) is 2.04. The zero-order valence-electron chi connectivity index (χ0n) is 9.39. The number of benzene rings is 1. The largest absolute Gasteiger partial charge is 0.399 e. The van der Waals surface area contributed by atoms with Gasteiger partial charge in [-0.05, 0) is 12.1 Å². The second kappa shape index (κ2) is 6.66. The van der Waals surface area contributed by atoms with Gasteiger partial charge in [0.25, 0.3) is 5.69 Å². The summed E-state index contributed by atoms with van der Waals surface area (Å²) in [6.45, 7) is 1.86. The Bertz CT molecular complexity index is 384. The number of nitrogen functional groups attached to an aromatic ring is 1. The van der Waals surface area contributed by atoms with Crippen molar-refractivity contribution >= 4 is 17.1 Å². The van der Waals surface area contributed by atoms with Crippen molar-refractivity contribution in [2.45, 2.75) is 0 Å². The number of nitrogens with one attached hydrogen (secondary N) is 1. The molecular weight excluding hydrogens is 224 g/mol. The zero-order valence-corrected chi connectivity index (χ0v) is 9.39. The van der Waals surface area contributed by atoms with Crippen molar-refractivity contribution in [2.24, 2.45) is 5.73 Å². The van der Waals surface area contributed by atoms with E-state index in [1.54, 1.807) is 12.1 Å². The predicted octanol–water partition coefficient (Wildman–Crippen LogP) is 0.564. The second-order valence-electron chi connectivity index (χ2n) is 3.36. The first-order chi connectivity index (χ1) is 8.15. The monoisotopic (exact) mass is 240 g/mol. The SMILES string of the molecule is NCCOCCNc1ccc(N)cc1[N+](=O)[O-]. The summed E-state index contributed by atoms with van der Waals surface area (Å²) < 4.78 is 5.15. The number of nitrogens with two attached hydrogens (primary N) is 2. The van der Waals surface area contributed by atoms with E-state index < -0.39 is 4.92 Å². The Morgan fingerprint density at radius 2 is 2.18 bits per heavy atom. The Kier molecular flexibility index (Phi) is 5.18. The van der Waals surface area contributed by atoms with Gasteiger partial charge in [0.05, 0.1) is 18.1 Å². The van der Waals surface area contributed by atoms with E-state index in [0.717, 1.165) is 0 Å². The van der Waals surface area contributed by atoms with Gasteiger partial charge in [0.2, 0.25) is 0 Å². The average molecular weight is 240 g/mol. The van der Waals surface area contributed by atoms with E-state index in [-0.39, 0.29) is 5.69 Å². The molecule has 1 aromatic carbocycles. The molecule has 0 unspecified atom stereocenters. The summed E-state index contributed by atoms with van der Waals surface area (Å²) in [5, 5.41) is 13.7. The van der Waals surface area contributed by atoms with Crippen LogP contribution in [-0.4, -0.2) is 31.2 Å². The summed E-state index contributed by atoms with van der Waals surface area (Å²) in [7, 11) is 0. The molecule has 0 aliphatic rings. The number of hydrogen-bond acceptors (Lipinski definition) is 6. The van der Waals surface area contributed by atoms with Crippen LogP contribution in [0.3, 0.4) is 0 Å². The third-order valence-electron chi connectivity index (χ3n) is 2.04. The molecule has 0 saturated carbocycles. The number of nitrogens with zero attached hydrogens (tertiary/aromatic N) is 1. The van der Waals surface area contributed by atoms with E-state index in [1.165, 1.54) is 6.07 Å². The van der Waals surface area contributed by atoms with Gasteiger partial charge in [-0.2, -0.15) is 0 Å². The maximum absolute atomic E-state index is 10.8. The van der Waals surface area contributed by atoms with E-state index in [2.05, 4.69) is 5.32 Å². The van der Waals surface area contributed by atoms with Gasteiger partial charge in [-0.25, -0.2) is 0 Å². The molecule has 0 aliphatic heterocycles. The smallest absolute Gasteiger partial charge is 0.294 e. The van der Waals surface area contributed by atoms with Crippen molar-refractivity contribution in [3.63, 3.8) is 0 Å². The predicted molar refractivity (Wildman–Crippen MR) is 65.9 cm³/mol. The number of nitro benzene ring substituents is 1. The third kappa shape index (κ3) is 4.25. The van der Waals surface area contributed by atoms with Gasteiger partial charge in [0.15, 0.2) is 0 Å². The van der Waals surface area contributed by atoms with E-state index in [0.29, 0.717) is 37.7 Å². The molecule has 0 spiro atoms. The standard InChI is InChI=1S/C10H16N4O3/c11-3-5-17-6-4-13-9-2-1-8(12)7-10(9)14(15)16/h1-2,7,13H,3-6,11-12H2. The summed E-state index contributed by atoms with van der Waals surface area (Å²) in [5.41, 5.74) is 11.5. The van der Waals surface area contributed by atoms with Crippen molar-refractivity contribution in [2.75, 3.05) is 37.4 Å². The average Bonchev–Trinajstić information content (AvgIpc) is 2.30. The fourth-order valence-corrected chi connectivity index (χ4v) is 1.29. The number of nitro groups is 1. The highest BCUT2D eigenvalue weighted by Gasteiger charge is 2.13. The lowest BCUT2D eigenvalue weighted by molar-refractivity contribution is -0.383. The molecule has 0 bridgehead atoms. The van der Waals surface area contributed by atoms with E-state index in [4.69, 9.17) is 16.2 Å². The number of rotatable bonds is 7. The van der Waals surface area contributed by atoms with Crippen LogP contribution in [0.1, 0.15) is 0 Å². The normalized spacial score (nSPS) is 10.2. The Labute approximate surface area is 98.9 Å². The highest BCUT2D eigenvalue weighted by molar-refractivity contribution is 5.66. The Balaban J connectivity index is 2.55. The van der Waals surface area contributed by atoms with Crippen molar-refractivity contribution in [3.05, 3.63) is 28.3 Å². The van der Waals surface area contributed by atoms with E-state index in [1.807, 2.05) is 0 Å². The van der Waals surface area contributed by atoms with Crippen molar-refractivity contribution in [1.82, 2.24) is 0 Å². The molecule has 17 heavy (non-hydrogen) atoms. The first-order valence-electron chi connectivity index (χ1n) is 5.20. The minimum absolute atomic E-state index is 0.0381. The molecule has 0 heterocycles. The van der Waals surface area contributed by atoms with Crippen LogP contribution in [0, 0.1) is 10.1 Å². The molecular formula is C10H16N4O3. The van der Waals surface area contributed by atoms with Crippen LogP contribution in [0.5, 0.6) is 0 Å². The van der Waals surface area contributed by atoms with Crippen LogP contribution < -0.4 is 16.8 Å². The number of ether oxygens (including phenoxy) is 1. The van der Waals surface area contributed by atoms with Crippen LogP contribution in [0.25, 0.3) is 0 Å². The Morgan fingerprint density at radius 3 is 2.82 bits per heavy atom. The second-order valence-corrected chi connectivity index (χ2v) is 3.36. The Hall–Kier alpha value is -1.86. The molecule has 0 fully saturated rings. The van der Waals surface area contributed by atoms with Crippen molar-refractivity contribution in [3.8, 4) is 0 Å². The summed E-state index contributed by atoms with van der Waals surface area (Å²) in [4.78, 5) is 10.3. The molecule has 5 N–H and O–H groups in total. The van der Waals surface area contributed by atoms with Crippen LogP contribution >= 0.6 is 0 Å². The van der Waals surface area contributed by atoms with Gasteiger partial charge in [-0.1, -0.05) is 0 Å². The molecule has 0 aromatic heterocycles. The molecule has 0 aliphatic carbocycles. The van der Waals surface area contributed by atoms with E-state index >= 15 is 0 Å². The van der Waals surface area contributed by atoms with Crippen molar-refractivity contribution < 1.29 is 9.66 Å². The minimum Gasteiger partial charge on any atom is -0.399 e. The fourth-order valence-electron chi connectivity index (χ4n) is 1.29. The molecule has 7 nitrogen and oxygen atoms in total. The van der Waals surface area contributed by atoms with Crippen LogP contribution in [0.15, 0.2) is 18.2 Å². The molecule has 0 amide bonds. The lowest BCUT2D eigenvalue weighted by Crippen LogP contribution is -2.15. The Morgan fingerprint density at radius 1 is 1.41 bits per heavy atom. The van der Waals surface area contributed by atoms with Crippen LogP contribution in [-0.2, 0) is 4.74 Å². The molecule has 0 atom stereocenters. The first-order valence-corrected chi connectivity index (χ1v) is 5.20. The maximum Gasteiger partial charge on any atom is 0.294 e. The quantitative estimate of drug-likeness (QED) is 0.277. The number of hydrogen-bond donors (Lipinski definition) is 3. The summed E-state index contributed by atoms with van der Waals surface area (Å²) >= 11 is 0. The van der Waals surface area contributed by atoms with E-state index in [9.17, 15) is 10.1 Å². The fraction of sp³-hybridized carbons (Fsp3) is 0.400. The molecule has 0 saturated heterocycles. The lowest BCUT2D eigenvalue weighted by Gasteiger charge is -2.07. The summed E-state index contributed by atoms with van der Waals surface area (Å²) in [5.74, 6) is 0. The van der Waals surface area contributed by atoms with Gasteiger partial charge < -0.3 is 21.5 Å². The van der Waals surface area contributed by atoms with Gasteiger partial charge in [0, 0.05) is 24.8 Å².